The largest absolute Gasteiger partial charge is 0.315 e. The number of halogens is 1. The Kier molecular flexibility index (Phi) is 6.82. The van der Waals surface area contributed by atoms with Gasteiger partial charge in [0.25, 0.3) is 0 Å². The summed E-state index contributed by atoms with van der Waals surface area (Å²) in [6.07, 6.45) is 2.44. The molecule has 0 aromatic heterocycles. The van der Waals surface area contributed by atoms with E-state index in [1.165, 1.54) is 18.9 Å². The average Bonchev–Trinajstić information content (AvgIpc) is 2.32. The van der Waals surface area contributed by atoms with Crippen LogP contribution in [0.5, 0.6) is 0 Å². The molecule has 2 nitrogen and oxygen atoms in total. The van der Waals surface area contributed by atoms with Gasteiger partial charge in [-0.15, -0.1) is 0 Å². The summed E-state index contributed by atoms with van der Waals surface area (Å²) in [7, 11) is 2.02. The molecule has 0 fully saturated rings. The predicted molar refractivity (Wildman–Crippen MR) is 70.5 cm³/mol. The third kappa shape index (κ3) is 5.80. The van der Waals surface area contributed by atoms with Crippen LogP contribution in [0.2, 0.25) is 0 Å². The molecule has 0 spiro atoms. The first-order valence-corrected chi connectivity index (χ1v) is 6.36. The molecule has 0 saturated heterocycles. The molecule has 0 aliphatic rings. The van der Waals surface area contributed by atoms with Crippen LogP contribution >= 0.6 is 0 Å². The highest BCUT2D eigenvalue weighted by Crippen LogP contribution is 2.08. The van der Waals surface area contributed by atoms with Crippen molar-refractivity contribution in [1.82, 2.24) is 10.2 Å². The van der Waals surface area contributed by atoms with Crippen LogP contribution in [0.3, 0.4) is 0 Å². The fourth-order valence-electron chi connectivity index (χ4n) is 1.69. The number of hydrogen-bond donors (Lipinski definition) is 1. The maximum atomic E-state index is 13.4. The van der Waals surface area contributed by atoms with Crippen LogP contribution in [0.15, 0.2) is 24.3 Å². The van der Waals surface area contributed by atoms with Crippen molar-refractivity contribution in [2.45, 2.75) is 26.3 Å². The highest BCUT2D eigenvalue weighted by Gasteiger charge is 2.04. The smallest absolute Gasteiger partial charge is 0.127 e. The number of unbranched alkanes of at least 4 members (excludes halogenated alkanes) is 1. The van der Waals surface area contributed by atoms with Crippen molar-refractivity contribution in [3.8, 4) is 0 Å². The van der Waals surface area contributed by atoms with Gasteiger partial charge in [-0.2, -0.15) is 0 Å². The summed E-state index contributed by atoms with van der Waals surface area (Å²) >= 11 is 0. The maximum Gasteiger partial charge on any atom is 0.127 e. The van der Waals surface area contributed by atoms with Crippen LogP contribution in [-0.2, 0) is 6.54 Å². The van der Waals surface area contributed by atoms with Gasteiger partial charge in [-0.1, -0.05) is 31.5 Å². The molecule has 1 N–H and O–H groups in total. The summed E-state index contributed by atoms with van der Waals surface area (Å²) in [4.78, 5) is 2.14. The Bertz CT molecular complexity index is 315. The number of hydrogen-bond acceptors (Lipinski definition) is 2. The summed E-state index contributed by atoms with van der Waals surface area (Å²) in [6.45, 7) is 5.83. The molecule has 0 bridgehead atoms. The molecular formula is C14H23FN2. The molecule has 1 aromatic carbocycles. The SMILES string of the molecule is CCCCNCCN(C)Cc1ccccc1F. The summed E-state index contributed by atoms with van der Waals surface area (Å²) in [5.74, 6) is -0.113. The number of benzene rings is 1. The van der Waals surface area contributed by atoms with Gasteiger partial charge in [-0.3, -0.25) is 0 Å². The average molecular weight is 238 g/mol. The second kappa shape index (κ2) is 8.20. The molecule has 0 radical (unpaired) electrons. The summed E-state index contributed by atoms with van der Waals surface area (Å²) in [5.41, 5.74) is 0.767. The van der Waals surface area contributed by atoms with Gasteiger partial charge in [0.1, 0.15) is 5.82 Å². The molecule has 17 heavy (non-hydrogen) atoms. The molecule has 0 aliphatic heterocycles. The molecule has 0 atom stereocenters. The molecule has 96 valence electrons. The van der Waals surface area contributed by atoms with Crippen molar-refractivity contribution in [3.63, 3.8) is 0 Å². The van der Waals surface area contributed by atoms with E-state index in [0.717, 1.165) is 25.2 Å². The lowest BCUT2D eigenvalue weighted by Gasteiger charge is -2.17. The van der Waals surface area contributed by atoms with Crippen LogP contribution in [0.1, 0.15) is 25.3 Å². The first-order chi connectivity index (χ1) is 8.24. The molecule has 1 rings (SSSR count). The molecule has 0 unspecified atom stereocenters. The first kappa shape index (κ1) is 14.1. The Labute approximate surface area is 104 Å². The van der Waals surface area contributed by atoms with Crippen molar-refractivity contribution < 1.29 is 4.39 Å². The van der Waals surface area contributed by atoms with Crippen LogP contribution < -0.4 is 5.32 Å². The van der Waals surface area contributed by atoms with Crippen LogP contribution in [0, 0.1) is 5.82 Å². The number of likely N-dealkylation sites (N-methyl/N-ethyl adjacent to an activating group) is 1. The van der Waals surface area contributed by atoms with E-state index in [4.69, 9.17) is 0 Å². The van der Waals surface area contributed by atoms with Gasteiger partial charge in [0.15, 0.2) is 0 Å². The zero-order chi connectivity index (χ0) is 12.5. The van der Waals surface area contributed by atoms with E-state index in [1.54, 1.807) is 6.07 Å². The monoisotopic (exact) mass is 238 g/mol. The van der Waals surface area contributed by atoms with Crippen molar-refractivity contribution >= 4 is 0 Å². The second-order valence-electron chi connectivity index (χ2n) is 4.43. The molecule has 0 aliphatic carbocycles. The second-order valence-corrected chi connectivity index (χ2v) is 4.43. The quantitative estimate of drug-likeness (QED) is 0.700. The van der Waals surface area contributed by atoms with E-state index in [1.807, 2.05) is 19.2 Å². The normalized spacial score (nSPS) is 11.1. The van der Waals surface area contributed by atoms with Gasteiger partial charge in [-0.05, 0) is 26.1 Å². The highest BCUT2D eigenvalue weighted by molar-refractivity contribution is 5.16. The van der Waals surface area contributed by atoms with Crippen molar-refractivity contribution in [2.24, 2.45) is 0 Å². The van der Waals surface area contributed by atoms with Gasteiger partial charge < -0.3 is 10.2 Å². The lowest BCUT2D eigenvalue weighted by Crippen LogP contribution is -2.29. The van der Waals surface area contributed by atoms with E-state index in [9.17, 15) is 4.39 Å². The first-order valence-electron chi connectivity index (χ1n) is 6.36. The van der Waals surface area contributed by atoms with Gasteiger partial charge in [0.2, 0.25) is 0 Å². The van der Waals surface area contributed by atoms with Gasteiger partial charge in [-0.25, -0.2) is 4.39 Å². The Morgan fingerprint density at radius 2 is 2.00 bits per heavy atom. The molecule has 0 amide bonds. The van der Waals surface area contributed by atoms with Crippen molar-refractivity contribution in [2.75, 3.05) is 26.7 Å². The topological polar surface area (TPSA) is 15.3 Å². The van der Waals surface area contributed by atoms with Gasteiger partial charge in [0, 0.05) is 25.2 Å². The minimum atomic E-state index is -0.113. The molecule has 1 aromatic rings. The summed E-state index contributed by atoms with van der Waals surface area (Å²) < 4.78 is 13.4. The lowest BCUT2D eigenvalue weighted by molar-refractivity contribution is 0.319. The van der Waals surface area contributed by atoms with Crippen LogP contribution in [0.25, 0.3) is 0 Å². The van der Waals surface area contributed by atoms with Crippen LogP contribution in [0.4, 0.5) is 4.39 Å². The van der Waals surface area contributed by atoms with Crippen LogP contribution in [-0.4, -0.2) is 31.6 Å². The standard InChI is InChI=1S/C14H23FN2/c1-3-4-9-16-10-11-17(2)12-13-7-5-6-8-14(13)15/h5-8,16H,3-4,9-12H2,1-2H3. The van der Waals surface area contributed by atoms with E-state index in [0.29, 0.717) is 6.54 Å². The third-order valence-corrected chi connectivity index (χ3v) is 2.78. The minimum absolute atomic E-state index is 0.113. The van der Waals surface area contributed by atoms with E-state index in [2.05, 4.69) is 17.1 Å². The number of nitrogens with zero attached hydrogens (tertiary/aromatic N) is 1. The fraction of sp³-hybridized carbons (Fsp3) is 0.571. The zero-order valence-corrected chi connectivity index (χ0v) is 10.9. The highest BCUT2D eigenvalue weighted by atomic mass is 19.1. The van der Waals surface area contributed by atoms with Gasteiger partial charge >= 0.3 is 0 Å². The maximum absolute atomic E-state index is 13.4. The van der Waals surface area contributed by atoms with E-state index in [-0.39, 0.29) is 5.82 Å². The summed E-state index contributed by atoms with van der Waals surface area (Å²) in [5, 5.41) is 3.38. The molecule has 0 heterocycles. The van der Waals surface area contributed by atoms with Crippen molar-refractivity contribution in [1.29, 1.82) is 0 Å². The Morgan fingerprint density at radius 1 is 1.24 bits per heavy atom. The Morgan fingerprint density at radius 3 is 2.71 bits per heavy atom. The molecule has 3 heteroatoms. The predicted octanol–water partition coefficient (Wildman–Crippen LogP) is 2.65. The Balaban J connectivity index is 2.21. The lowest BCUT2D eigenvalue weighted by atomic mass is 10.2. The zero-order valence-electron chi connectivity index (χ0n) is 10.9. The van der Waals surface area contributed by atoms with Gasteiger partial charge in [0.05, 0.1) is 0 Å². The van der Waals surface area contributed by atoms with E-state index < -0.39 is 0 Å². The number of rotatable bonds is 8. The molecular weight excluding hydrogens is 215 g/mol. The molecule has 0 saturated carbocycles. The fourth-order valence-corrected chi connectivity index (χ4v) is 1.69. The van der Waals surface area contributed by atoms with Crippen molar-refractivity contribution in [3.05, 3.63) is 35.6 Å². The minimum Gasteiger partial charge on any atom is -0.315 e. The summed E-state index contributed by atoms with van der Waals surface area (Å²) in [6, 6.07) is 6.97. The number of nitrogens with one attached hydrogen (secondary N) is 1. The third-order valence-electron chi connectivity index (χ3n) is 2.78. The Hall–Kier alpha value is -0.930. The van der Waals surface area contributed by atoms with E-state index >= 15 is 0 Å².